The van der Waals surface area contributed by atoms with Gasteiger partial charge in [-0.2, -0.15) is 5.10 Å². The number of thioether (sulfide) groups is 1. The van der Waals surface area contributed by atoms with Gasteiger partial charge < -0.3 is 4.74 Å². The van der Waals surface area contributed by atoms with Crippen molar-refractivity contribution in [2.24, 2.45) is 5.10 Å². The van der Waals surface area contributed by atoms with E-state index in [4.69, 9.17) is 15.2 Å². The van der Waals surface area contributed by atoms with E-state index in [-0.39, 0.29) is 29.4 Å². The Hall–Kier alpha value is -3.43. The van der Waals surface area contributed by atoms with Crippen molar-refractivity contribution in [3.63, 3.8) is 0 Å². The number of imide groups is 1. The third-order valence-electron chi connectivity index (χ3n) is 6.45. The maximum Gasteiger partial charge on any atom is 0.247 e. The number of halogens is 1. The summed E-state index contributed by atoms with van der Waals surface area (Å²) in [5.74, 6) is 0.0352. The molecule has 0 spiro atoms. The van der Waals surface area contributed by atoms with Crippen molar-refractivity contribution >= 4 is 56.1 Å². The maximum atomic E-state index is 13.2. The molecule has 2 heterocycles. The third kappa shape index (κ3) is 5.19. The summed E-state index contributed by atoms with van der Waals surface area (Å²) >= 11 is 4.57. The van der Waals surface area contributed by atoms with Crippen LogP contribution in [0, 0.1) is 12.3 Å². The first-order valence-electron chi connectivity index (χ1n) is 11.8. The van der Waals surface area contributed by atoms with E-state index >= 15 is 0 Å². The number of amides is 2. The lowest BCUT2D eigenvalue weighted by Crippen LogP contribution is -2.32. The van der Waals surface area contributed by atoms with Gasteiger partial charge in [0.05, 0.1) is 24.6 Å². The van der Waals surface area contributed by atoms with Crippen LogP contribution in [0.3, 0.4) is 0 Å². The molecule has 0 aromatic heterocycles. The Morgan fingerprint density at radius 2 is 1.68 bits per heavy atom. The lowest BCUT2D eigenvalue weighted by atomic mass is 9.98. The molecule has 0 unspecified atom stereocenters. The number of anilines is 1. The summed E-state index contributed by atoms with van der Waals surface area (Å²) in [5.41, 5.74) is 4.57. The minimum absolute atomic E-state index is 0.0310. The molecular formula is C28H25BrN4O3S. The first-order chi connectivity index (χ1) is 17.8. The van der Waals surface area contributed by atoms with Crippen molar-refractivity contribution < 1.29 is 14.3 Å². The molecule has 0 bridgehead atoms. The van der Waals surface area contributed by atoms with Crippen LogP contribution in [0.4, 0.5) is 5.69 Å². The number of nitrogens with one attached hydrogen (secondary N) is 1. The number of carbonyl (C=O) groups excluding carboxylic acids is 2. The van der Waals surface area contributed by atoms with Gasteiger partial charge in [0.25, 0.3) is 0 Å². The average molecular weight is 578 g/mol. The van der Waals surface area contributed by atoms with Crippen LogP contribution in [0.5, 0.6) is 5.75 Å². The Balaban J connectivity index is 1.38. The van der Waals surface area contributed by atoms with E-state index in [0.717, 1.165) is 38.6 Å². The first kappa shape index (κ1) is 25.2. The van der Waals surface area contributed by atoms with E-state index in [1.165, 1.54) is 4.90 Å². The molecule has 5 rings (SSSR count). The number of methoxy groups -OCH3 is 1. The monoisotopic (exact) mass is 576 g/mol. The van der Waals surface area contributed by atoms with Crippen LogP contribution in [0.1, 0.15) is 35.6 Å². The van der Waals surface area contributed by atoms with Crippen LogP contribution >= 0.6 is 27.7 Å². The highest BCUT2D eigenvalue weighted by atomic mass is 79.9. The zero-order valence-corrected chi connectivity index (χ0v) is 22.8. The van der Waals surface area contributed by atoms with Crippen molar-refractivity contribution in [2.45, 2.75) is 31.1 Å². The second-order valence-corrected chi connectivity index (χ2v) is 11.0. The second kappa shape index (κ2) is 10.5. The van der Waals surface area contributed by atoms with Crippen LogP contribution < -0.4 is 9.64 Å². The summed E-state index contributed by atoms with van der Waals surface area (Å²) in [4.78, 5) is 27.2. The summed E-state index contributed by atoms with van der Waals surface area (Å²) in [6.45, 7) is 2.04. The number of ether oxygens (including phenoxy) is 1. The van der Waals surface area contributed by atoms with Gasteiger partial charge in [-0.05, 0) is 54.4 Å². The number of aryl methyl sites for hydroxylation is 1. The average Bonchev–Trinajstić information content (AvgIpc) is 3.46. The summed E-state index contributed by atoms with van der Waals surface area (Å²) in [5, 5.41) is 14.9. The smallest absolute Gasteiger partial charge is 0.247 e. The maximum absolute atomic E-state index is 13.2. The topological polar surface area (TPSA) is 86.1 Å². The number of hydrazone groups is 1. The van der Waals surface area contributed by atoms with Crippen LogP contribution in [0.15, 0.2) is 82.4 Å². The normalized spacial score (nSPS) is 19.4. The molecule has 2 aliphatic heterocycles. The molecule has 1 saturated heterocycles. The summed E-state index contributed by atoms with van der Waals surface area (Å²) in [7, 11) is 1.56. The molecular weight excluding hydrogens is 552 g/mol. The predicted molar refractivity (Wildman–Crippen MR) is 150 cm³/mol. The molecule has 0 radical (unpaired) electrons. The predicted octanol–water partition coefficient (Wildman–Crippen LogP) is 5.92. The molecule has 2 aliphatic rings. The highest BCUT2D eigenvalue weighted by molar-refractivity contribution is 9.10. The molecule has 2 amide bonds. The molecule has 1 N–H and O–H groups in total. The zero-order chi connectivity index (χ0) is 26.1. The number of carbonyl (C=O) groups is 2. The Morgan fingerprint density at radius 3 is 2.32 bits per heavy atom. The van der Waals surface area contributed by atoms with Gasteiger partial charge in [-0.15, -0.1) is 0 Å². The number of hydrogen-bond acceptors (Lipinski definition) is 6. The van der Waals surface area contributed by atoms with Crippen LogP contribution in [-0.2, 0) is 9.59 Å². The van der Waals surface area contributed by atoms with E-state index in [1.54, 1.807) is 36.4 Å². The van der Waals surface area contributed by atoms with Gasteiger partial charge in [0, 0.05) is 17.3 Å². The third-order valence-corrected chi connectivity index (χ3v) is 8.04. The van der Waals surface area contributed by atoms with Gasteiger partial charge >= 0.3 is 0 Å². The highest BCUT2D eigenvalue weighted by Crippen LogP contribution is 2.38. The largest absolute Gasteiger partial charge is 0.497 e. The fourth-order valence-corrected chi connectivity index (χ4v) is 5.69. The molecule has 3 aromatic rings. The number of nitrogens with zero attached hydrogens (tertiary/aromatic N) is 3. The second-order valence-electron chi connectivity index (χ2n) is 8.91. The molecule has 7 nitrogen and oxygen atoms in total. The number of rotatable bonds is 5. The van der Waals surface area contributed by atoms with Gasteiger partial charge in [-0.3, -0.25) is 15.0 Å². The Labute approximate surface area is 228 Å². The fraction of sp³-hybridized carbons (Fsp3) is 0.214. The van der Waals surface area contributed by atoms with Crippen LogP contribution in [0.2, 0.25) is 0 Å². The van der Waals surface area contributed by atoms with Gasteiger partial charge in [0.15, 0.2) is 5.17 Å². The molecule has 0 aliphatic carbocycles. The zero-order valence-electron chi connectivity index (χ0n) is 20.3. The lowest BCUT2D eigenvalue weighted by molar-refractivity contribution is -0.121. The van der Waals surface area contributed by atoms with Gasteiger partial charge in [0.2, 0.25) is 11.8 Å². The number of benzene rings is 3. The van der Waals surface area contributed by atoms with Gasteiger partial charge in [-0.25, -0.2) is 9.91 Å². The molecule has 0 saturated carbocycles. The highest BCUT2D eigenvalue weighted by Gasteiger charge is 2.42. The van der Waals surface area contributed by atoms with Crippen molar-refractivity contribution in [3.05, 3.63) is 94.0 Å². The Kier molecular flexibility index (Phi) is 7.17. The molecule has 188 valence electrons. The number of hydrogen-bond donors (Lipinski definition) is 1. The molecule has 1 fully saturated rings. The summed E-state index contributed by atoms with van der Waals surface area (Å²) in [6.07, 6.45) is 0.659. The van der Waals surface area contributed by atoms with Gasteiger partial charge in [-0.1, -0.05) is 69.7 Å². The van der Waals surface area contributed by atoms with E-state index in [2.05, 4.69) is 15.9 Å². The van der Waals surface area contributed by atoms with Gasteiger partial charge in [0.1, 0.15) is 11.0 Å². The van der Waals surface area contributed by atoms with E-state index in [0.29, 0.717) is 17.9 Å². The number of amidine groups is 1. The van der Waals surface area contributed by atoms with E-state index in [1.807, 2.05) is 55.5 Å². The van der Waals surface area contributed by atoms with Crippen molar-refractivity contribution in [2.75, 3.05) is 12.0 Å². The summed E-state index contributed by atoms with van der Waals surface area (Å²) in [6, 6.07) is 22.8. The Morgan fingerprint density at radius 1 is 1.00 bits per heavy atom. The van der Waals surface area contributed by atoms with Crippen molar-refractivity contribution in [3.8, 4) is 5.75 Å². The quantitative estimate of drug-likeness (QED) is 0.231. The van der Waals surface area contributed by atoms with Crippen LogP contribution in [0.25, 0.3) is 0 Å². The van der Waals surface area contributed by atoms with E-state index < -0.39 is 5.25 Å². The molecule has 3 aromatic carbocycles. The molecule has 37 heavy (non-hydrogen) atoms. The van der Waals surface area contributed by atoms with E-state index in [9.17, 15) is 9.59 Å². The lowest BCUT2D eigenvalue weighted by Gasteiger charge is -2.24. The SMILES string of the molecule is COc1ccc(N2C(=O)C[C@@H](SC(=N)N3N=C(c4ccc(C)cc4)C[C@@H]3c3ccc(Br)cc3)C2=O)cc1. The minimum atomic E-state index is -0.689. The van der Waals surface area contributed by atoms with Crippen LogP contribution in [-0.4, -0.2) is 40.1 Å². The minimum Gasteiger partial charge on any atom is -0.497 e. The molecule has 2 atom stereocenters. The summed E-state index contributed by atoms with van der Waals surface area (Å²) < 4.78 is 6.15. The van der Waals surface area contributed by atoms with Crippen molar-refractivity contribution in [1.29, 1.82) is 5.41 Å². The molecule has 9 heteroatoms. The Bertz CT molecular complexity index is 1370. The standard InChI is InChI=1S/C28H25BrN4O3S/c1-17-3-5-18(6-4-17)23-15-24(19-7-9-20(29)10-8-19)33(31-23)28(30)37-25-16-26(34)32(27(25)35)21-11-13-22(36-2)14-12-21/h3-14,24-25,30H,15-16H2,1-2H3/t24-,25-/m1/s1. The fourth-order valence-electron chi connectivity index (χ4n) is 4.45. The first-order valence-corrected chi connectivity index (χ1v) is 13.5. The van der Waals surface area contributed by atoms with Crippen molar-refractivity contribution in [1.82, 2.24) is 5.01 Å².